The van der Waals surface area contributed by atoms with Gasteiger partial charge in [0.25, 0.3) is 0 Å². The molecule has 5 nitrogen and oxygen atoms in total. The van der Waals surface area contributed by atoms with Crippen LogP contribution in [0.15, 0.2) is 46.3 Å². The second-order valence-corrected chi connectivity index (χ2v) is 7.79. The van der Waals surface area contributed by atoms with E-state index in [-0.39, 0.29) is 11.8 Å². The number of aromatic nitrogens is 2. The van der Waals surface area contributed by atoms with Gasteiger partial charge in [0, 0.05) is 23.5 Å². The number of aryl methyl sites for hydroxylation is 1. The Morgan fingerprint density at radius 2 is 2.15 bits per heavy atom. The van der Waals surface area contributed by atoms with Crippen LogP contribution in [0.2, 0.25) is 0 Å². The van der Waals surface area contributed by atoms with Crippen molar-refractivity contribution < 1.29 is 9.32 Å². The number of nitrogens with zero attached hydrogens (tertiary/aromatic N) is 3. The molecule has 4 rings (SSSR count). The molecule has 2 aromatic heterocycles. The van der Waals surface area contributed by atoms with Crippen LogP contribution in [0.4, 0.5) is 0 Å². The Kier molecular flexibility index (Phi) is 4.84. The van der Waals surface area contributed by atoms with Crippen molar-refractivity contribution in [1.29, 1.82) is 0 Å². The van der Waals surface area contributed by atoms with E-state index in [0.29, 0.717) is 24.7 Å². The summed E-state index contributed by atoms with van der Waals surface area (Å²) in [4.78, 5) is 20.2. The molecule has 1 aliphatic heterocycles. The summed E-state index contributed by atoms with van der Waals surface area (Å²) >= 11 is 1.63. The first kappa shape index (κ1) is 17.0. The third kappa shape index (κ3) is 3.70. The number of hydrogen-bond acceptors (Lipinski definition) is 5. The minimum atomic E-state index is 0.114. The zero-order chi connectivity index (χ0) is 17.9. The van der Waals surface area contributed by atoms with Crippen molar-refractivity contribution in [2.75, 3.05) is 13.1 Å². The summed E-state index contributed by atoms with van der Waals surface area (Å²) in [5.74, 6) is 1.54. The maximum Gasteiger partial charge on any atom is 0.231 e. The van der Waals surface area contributed by atoms with Crippen molar-refractivity contribution in [3.63, 3.8) is 0 Å². The minimum Gasteiger partial charge on any atom is -0.342 e. The SMILES string of the molecule is Cc1ccc(-c2noc(C3CCCN(C(=O)Cc4cccs4)C3)n2)cc1. The number of benzene rings is 1. The van der Waals surface area contributed by atoms with Gasteiger partial charge in [-0.1, -0.05) is 41.1 Å². The predicted molar refractivity (Wildman–Crippen MR) is 101 cm³/mol. The highest BCUT2D eigenvalue weighted by atomic mass is 32.1. The summed E-state index contributed by atoms with van der Waals surface area (Å²) in [6.45, 7) is 3.51. The van der Waals surface area contributed by atoms with Gasteiger partial charge in [-0.2, -0.15) is 4.98 Å². The molecular weight excluding hydrogens is 346 g/mol. The van der Waals surface area contributed by atoms with Gasteiger partial charge in [-0.15, -0.1) is 11.3 Å². The van der Waals surface area contributed by atoms with Gasteiger partial charge in [0.15, 0.2) is 0 Å². The first-order valence-corrected chi connectivity index (χ1v) is 9.78. The molecule has 1 atom stereocenters. The number of rotatable bonds is 4. The molecule has 26 heavy (non-hydrogen) atoms. The zero-order valence-electron chi connectivity index (χ0n) is 14.7. The summed E-state index contributed by atoms with van der Waals surface area (Å²) in [6.07, 6.45) is 2.41. The zero-order valence-corrected chi connectivity index (χ0v) is 15.5. The van der Waals surface area contributed by atoms with E-state index in [9.17, 15) is 4.79 Å². The number of piperidine rings is 1. The van der Waals surface area contributed by atoms with Gasteiger partial charge in [-0.3, -0.25) is 4.79 Å². The average Bonchev–Trinajstić information content (AvgIpc) is 3.34. The molecule has 1 saturated heterocycles. The van der Waals surface area contributed by atoms with Gasteiger partial charge in [-0.25, -0.2) is 0 Å². The number of hydrogen-bond donors (Lipinski definition) is 0. The standard InChI is InChI=1S/C20H21N3O2S/c1-14-6-8-15(9-7-14)19-21-20(25-22-19)16-4-2-10-23(13-16)18(24)12-17-5-3-11-26-17/h3,5-9,11,16H,2,4,10,12-13H2,1H3. The maximum atomic E-state index is 12.6. The molecule has 1 aromatic carbocycles. The van der Waals surface area contributed by atoms with E-state index >= 15 is 0 Å². The van der Waals surface area contributed by atoms with Gasteiger partial charge >= 0.3 is 0 Å². The molecule has 3 aromatic rings. The van der Waals surface area contributed by atoms with Crippen molar-refractivity contribution in [2.24, 2.45) is 0 Å². The lowest BCUT2D eigenvalue weighted by atomic mass is 9.97. The Morgan fingerprint density at radius 1 is 1.31 bits per heavy atom. The molecule has 3 heterocycles. The molecule has 0 saturated carbocycles. The van der Waals surface area contributed by atoms with E-state index in [0.717, 1.165) is 29.8 Å². The summed E-state index contributed by atoms with van der Waals surface area (Å²) < 4.78 is 5.53. The number of carbonyl (C=O) groups is 1. The first-order chi connectivity index (χ1) is 12.7. The Labute approximate surface area is 156 Å². The molecule has 0 bridgehead atoms. The molecule has 0 N–H and O–H groups in total. The van der Waals surface area contributed by atoms with E-state index in [1.807, 2.05) is 46.7 Å². The third-order valence-corrected chi connectivity index (χ3v) is 5.66. The van der Waals surface area contributed by atoms with E-state index < -0.39 is 0 Å². The number of carbonyl (C=O) groups excluding carboxylic acids is 1. The Morgan fingerprint density at radius 3 is 2.92 bits per heavy atom. The van der Waals surface area contributed by atoms with Crippen LogP contribution in [-0.4, -0.2) is 34.0 Å². The number of likely N-dealkylation sites (tertiary alicyclic amines) is 1. The molecule has 1 unspecified atom stereocenters. The molecule has 0 spiro atoms. The van der Waals surface area contributed by atoms with Gasteiger partial charge in [0.1, 0.15) is 0 Å². The normalized spacial score (nSPS) is 17.4. The highest BCUT2D eigenvalue weighted by Crippen LogP contribution is 2.28. The fourth-order valence-electron chi connectivity index (χ4n) is 3.30. The first-order valence-electron chi connectivity index (χ1n) is 8.90. The second kappa shape index (κ2) is 7.41. The summed E-state index contributed by atoms with van der Waals surface area (Å²) in [5, 5.41) is 6.14. The molecular formula is C20H21N3O2S. The summed E-state index contributed by atoms with van der Waals surface area (Å²) in [6, 6.07) is 12.1. The molecule has 1 fully saturated rings. The van der Waals surface area contributed by atoms with Crippen LogP contribution in [0, 0.1) is 6.92 Å². The smallest absolute Gasteiger partial charge is 0.231 e. The summed E-state index contributed by atoms with van der Waals surface area (Å²) in [5.41, 5.74) is 2.15. The Bertz CT molecular complexity index is 871. The van der Waals surface area contributed by atoms with Crippen molar-refractivity contribution in [2.45, 2.75) is 32.1 Å². The van der Waals surface area contributed by atoms with Crippen LogP contribution in [0.3, 0.4) is 0 Å². The van der Waals surface area contributed by atoms with Gasteiger partial charge in [-0.05, 0) is 31.2 Å². The van der Waals surface area contributed by atoms with Crippen LogP contribution in [0.5, 0.6) is 0 Å². The second-order valence-electron chi connectivity index (χ2n) is 6.76. The van der Waals surface area contributed by atoms with E-state index in [4.69, 9.17) is 4.52 Å². The highest BCUT2D eigenvalue weighted by Gasteiger charge is 2.28. The summed E-state index contributed by atoms with van der Waals surface area (Å²) in [7, 11) is 0. The lowest BCUT2D eigenvalue weighted by Gasteiger charge is -2.31. The van der Waals surface area contributed by atoms with E-state index in [1.54, 1.807) is 11.3 Å². The minimum absolute atomic E-state index is 0.114. The van der Waals surface area contributed by atoms with Crippen LogP contribution in [-0.2, 0) is 11.2 Å². The Balaban J connectivity index is 1.44. The van der Waals surface area contributed by atoms with Crippen LogP contribution in [0.25, 0.3) is 11.4 Å². The fourth-order valence-corrected chi connectivity index (χ4v) is 4.00. The van der Waals surface area contributed by atoms with Crippen molar-refractivity contribution >= 4 is 17.2 Å². The Hall–Kier alpha value is -2.47. The lowest BCUT2D eigenvalue weighted by molar-refractivity contribution is -0.131. The molecule has 1 amide bonds. The molecule has 1 aliphatic rings. The predicted octanol–water partition coefficient (Wildman–Crippen LogP) is 4.06. The van der Waals surface area contributed by atoms with Gasteiger partial charge < -0.3 is 9.42 Å². The third-order valence-electron chi connectivity index (χ3n) is 4.78. The quantitative estimate of drug-likeness (QED) is 0.698. The van der Waals surface area contributed by atoms with E-state index in [2.05, 4.69) is 17.1 Å². The largest absolute Gasteiger partial charge is 0.342 e. The highest BCUT2D eigenvalue weighted by molar-refractivity contribution is 7.10. The van der Waals surface area contributed by atoms with Gasteiger partial charge in [0.2, 0.25) is 17.6 Å². The average molecular weight is 367 g/mol. The fraction of sp³-hybridized carbons (Fsp3) is 0.350. The molecule has 6 heteroatoms. The van der Waals surface area contributed by atoms with Crippen LogP contribution < -0.4 is 0 Å². The molecule has 0 aliphatic carbocycles. The monoisotopic (exact) mass is 367 g/mol. The van der Waals surface area contributed by atoms with Crippen molar-refractivity contribution in [3.05, 3.63) is 58.1 Å². The van der Waals surface area contributed by atoms with Crippen molar-refractivity contribution in [3.8, 4) is 11.4 Å². The lowest BCUT2D eigenvalue weighted by Crippen LogP contribution is -2.39. The molecule has 134 valence electrons. The van der Waals surface area contributed by atoms with Crippen LogP contribution in [0.1, 0.15) is 35.1 Å². The number of amides is 1. The van der Waals surface area contributed by atoms with Crippen molar-refractivity contribution in [1.82, 2.24) is 15.0 Å². The van der Waals surface area contributed by atoms with Crippen LogP contribution >= 0.6 is 11.3 Å². The van der Waals surface area contributed by atoms with E-state index in [1.165, 1.54) is 5.56 Å². The number of thiophene rings is 1. The maximum absolute atomic E-state index is 12.6. The molecule has 0 radical (unpaired) electrons. The van der Waals surface area contributed by atoms with Gasteiger partial charge in [0.05, 0.1) is 12.3 Å². The topological polar surface area (TPSA) is 59.2 Å².